The quantitative estimate of drug-likeness (QED) is 0.628. The fourth-order valence-electron chi connectivity index (χ4n) is 2.06. The van der Waals surface area contributed by atoms with Crippen LogP contribution in [-0.4, -0.2) is 33.3 Å². The molecule has 100 valence electrons. The molecule has 1 aliphatic rings. The standard InChI is InChI=1S/C11H15IN2O4/c1-6-5-14(11(16)13-10(6)15)9-3-7(17-2)8(4-12)18-9/h5,7-9H,3-4H2,1-2H3,(H,13,15,16). The Morgan fingerprint density at radius 2 is 2.33 bits per heavy atom. The summed E-state index contributed by atoms with van der Waals surface area (Å²) in [4.78, 5) is 25.3. The number of methoxy groups -OCH3 is 1. The van der Waals surface area contributed by atoms with Crippen molar-refractivity contribution in [2.75, 3.05) is 11.5 Å². The maximum Gasteiger partial charge on any atom is 0.330 e. The van der Waals surface area contributed by atoms with Gasteiger partial charge < -0.3 is 9.47 Å². The summed E-state index contributed by atoms with van der Waals surface area (Å²) in [5, 5.41) is 0. The first-order valence-electron chi connectivity index (χ1n) is 5.63. The number of hydrogen-bond acceptors (Lipinski definition) is 4. The van der Waals surface area contributed by atoms with Gasteiger partial charge in [-0.2, -0.15) is 0 Å². The molecule has 1 saturated heterocycles. The molecule has 1 aromatic heterocycles. The molecule has 0 aliphatic carbocycles. The summed E-state index contributed by atoms with van der Waals surface area (Å²) in [5.74, 6) is 0. The number of hydrogen-bond donors (Lipinski definition) is 1. The van der Waals surface area contributed by atoms with Gasteiger partial charge in [0, 0.05) is 29.7 Å². The second kappa shape index (κ2) is 5.54. The summed E-state index contributed by atoms with van der Waals surface area (Å²) in [6, 6.07) is 0. The number of alkyl halides is 1. The first-order chi connectivity index (χ1) is 8.56. The van der Waals surface area contributed by atoms with Gasteiger partial charge in [-0.15, -0.1) is 0 Å². The van der Waals surface area contributed by atoms with E-state index in [1.165, 1.54) is 10.8 Å². The number of ether oxygens (including phenoxy) is 2. The van der Waals surface area contributed by atoms with E-state index in [-0.39, 0.29) is 24.0 Å². The van der Waals surface area contributed by atoms with Crippen LogP contribution in [0.15, 0.2) is 15.8 Å². The Morgan fingerprint density at radius 1 is 1.61 bits per heavy atom. The summed E-state index contributed by atoms with van der Waals surface area (Å²) in [6.07, 6.45) is 1.72. The minimum Gasteiger partial charge on any atom is -0.379 e. The molecule has 1 aromatic rings. The lowest BCUT2D eigenvalue weighted by molar-refractivity contribution is -0.0146. The number of aromatic nitrogens is 2. The van der Waals surface area contributed by atoms with E-state index >= 15 is 0 Å². The molecule has 0 saturated carbocycles. The molecule has 3 atom stereocenters. The molecule has 1 N–H and O–H groups in total. The summed E-state index contributed by atoms with van der Waals surface area (Å²) < 4.78 is 13.3. The fourth-order valence-corrected chi connectivity index (χ4v) is 2.83. The van der Waals surface area contributed by atoms with Crippen LogP contribution in [0.3, 0.4) is 0 Å². The number of H-pyrrole nitrogens is 1. The van der Waals surface area contributed by atoms with Crippen molar-refractivity contribution in [3.8, 4) is 0 Å². The lowest BCUT2D eigenvalue weighted by Crippen LogP contribution is -2.33. The summed E-state index contributed by atoms with van der Waals surface area (Å²) in [6.45, 7) is 1.66. The molecule has 1 fully saturated rings. The first kappa shape index (κ1) is 13.8. The van der Waals surface area contributed by atoms with Gasteiger partial charge in [0.15, 0.2) is 0 Å². The highest BCUT2D eigenvalue weighted by molar-refractivity contribution is 14.1. The Kier molecular flexibility index (Phi) is 4.23. The minimum atomic E-state index is -0.445. The van der Waals surface area contributed by atoms with Crippen LogP contribution >= 0.6 is 22.6 Å². The second-order valence-corrected chi connectivity index (χ2v) is 5.15. The Hall–Kier alpha value is -0.670. The van der Waals surface area contributed by atoms with Crippen LogP contribution in [-0.2, 0) is 9.47 Å². The molecule has 6 nitrogen and oxygen atoms in total. The number of rotatable bonds is 3. The molecule has 3 unspecified atom stereocenters. The van der Waals surface area contributed by atoms with E-state index in [9.17, 15) is 9.59 Å². The number of nitrogens with one attached hydrogen (secondary N) is 1. The average Bonchev–Trinajstić information content (AvgIpc) is 2.76. The van der Waals surface area contributed by atoms with Gasteiger partial charge in [-0.1, -0.05) is 22.6 Å². The van der Waals surface area contributed by atoms with Crippen molar-refractivity contribution in [2.24, 2.45) is 0 Å². The molecule has 2 heterocycles. The van der Waals surface area contributed by atoms with Gasteiger partial charge in [0.25, 0.3) is 5.56 Å². The van der Waals surface area contributed by atoms with Gasteiger partial charge in [-0.25, -0.2) is 4.79 Å². The molecular formula is C11H15IN2O4. The van der Waals surface area contributed by atoms with E-state index in [0.717, 1.165) is 4.43 Å². The van der Waals surface area contributed by atoms with Crippen molar-refractivity contribution >= 4 is 22.6 Å². The van der Waals surface area contributed by atoms with Crippen LogP contribution in [0.4, 0.5) is 0 Å². The maximum atomic E-state index is 11.8. The number of halogens is 1. The lowest BCUT2D eigenvalue weighted by atomic mass is 10.2. The molecule has 0 amide bonds. The number of aryl methyl sites for hydroxylation is 1. The van der Waals surface area contributed by atoms with Crippen molar-refractivity contribution in [1.29, 1.82) is 0 Å². The zero-order valence-corrected chi connectivity index (χ0v) is 12.3. The van der Waals surface area contributed by atoms with Gasteiger partial charge in [0.05, 0.1) is 12.2 Å². The Morgan fingerprint density at radius 3 is 2.89 bits per heavy atom. The highest BCUT2D eigenvalue weighted by Gasteiger charge is 2.36. The molecule has 0 spiro atoms. The van der Waals surface area contributed by atoms with Crippen LogP contribution in [0.1, 0.15) is 18.2 Å². The molecule has 18 heavy (non-hydrogen) atoms. The van der Waals surface area contributed by atoms with E-state index in [0.29, 0.717) is 12.0 Å². The third kappa shape index (κ3) is 2.52. The molecular weight excluding hydrogens is 351 g/mol. The minimum absolute atomic E-state index is 0.0222. The topological polar surface area (TPSA) is 73.3 Å². The van der Waals surface area contributed by atoms with Crippen LogP contribution < -0.4 is 11.2 Å². The Labute approximate surface area is 117 Å². The van der Waals surface area contributed by atoms with E-state index in [1.807, 2.05) is 0 Å². The largest absolute Gasteiger partial charge is 0.379 e. The van der Waals surface area contributed by atoms with E-state index in [2.05, 4.69) is 27.6 Å². The van der Waals surface area contributed by atoms with E-state index in [4.69, 9.17) is 9.47 Å². The monoisotopic (exact) mass is 366 g/mol. The van der Waals surface area contributed by atoms with Crippen molar-refractivity contribution in [1.82, 2.24) is 9.55 Å². The lowest BCUT2D eigenvalue weighted by Gasteiger charge is -2.14. The number of nitrogens with zero attached hydrogens (tertiary/aromatic N) is 1. The summed E-state index contributed by atoms with van der Waals surface area (Å²) in [7, 11) is 1.64. The van der Waals surface area contributed by atoms with Crippen molar-refractivity contribution in [3.05, 3.63) is 32.6 Å². The van der Waals surface area contributed by atoms with Crippen molar-refractivity contribution < 1.29 is 9.47 Å². The number of aromatic amines is 1. The fraction of sp³-hybridized carbons (Fsp3) is 0.636. The zero-order chi connectivity index (χ0) is 13.3. The molecule has 0 bridgehead atoms. The first-order valence-corrected chi connectivity index (χ1v) is 7.15. The van der Waals surface area contributed by atoms with E-state index < -0.39 is 5.69 Å². The normalized spacial score (nSPS) is 27.6. The third-order valence-electron chi connectivity index (χ3n) is 3.09. The van der Waals surface area contributed by atoms with E-state index in [1.54, 1.807) is 14.0 Å². The molecule has 2 rings (SSSR count). The summed E-state index contributed by atoms with van der Waals surface area (Å²) >= 11 is 2.23. The SMILES string of the molecule is COC1CC(n2cc(C)c(=O)[nH]c2=O)OC1CI. The highest BCUT2D eigenvalue weighted by Crippen LogP contribution is 2.30. The van der Waals surface area contributed by atoms with Gasteiger partial charge in [0.1, 0.15) is 6.23 Å². The average molecular weight is 366 g/mol. The van der Waals surface area contributed by atoms with Crippen LogP contribution in [0, 0.1) is 6.92 Å². The zero-order valence-electron chi connectivity index (χ0n) is 10.2. The van der Waals surface area contributed by atoms with Crippen LogP contribution in [0.5, 0.6) is 0 Å². The maximum absolute atomic E-state index is 11.8. The van der Waals surface area contributed by atoms with Gasteiger partial charge >= 0.3 is 5.69 Å². The predicted molar refractivity (Wildman–Crippen MR) is 74.3 cm³/mol. The van der Waals surface area contributed by atoms with Gasteiger partial charge in [-0.3, -0.25) is 14.3 Å². The van der Waals surface area contributed by atoms with Crippen molar-refractivity contribution in [3.63, 3.8) is 0 Å². The molecule has 1 aliphatic heterocycles. The van der Waals surface area contributed by atoms with Gasteiger partial charge in [-0.05, 0) is 6.92 Å². The van der Waals surface area contributed by atoms with Crippen molar-refractivity contribution in [2.45, 2.75) is 31.8 Å². The Balaban J connectivity index is 2.31. The second-order valence-electron chi connectivity index (χ2n) is 4.27. The summed E-state index contributed by atoms with van der Waals surface area (Å²) in [5.41, 5.74) is -0.312. The molecule has 0 radical (unpaired) electrons. The van der Waals surface area contributed by atoms with Gasteiger partial charge in [0.2, 0.25) is 0 Å². The Bertz CT molecular complexity index is 527. The molecule has 0 aromatic carbocycles. The third-order valence-corrected chi connectivity index (χ3v) is 3.96. The van der Waals surface area contributed by atoms with Crippen LogP contribution in [0.25, 0.3) is 0 Å². The smallest absolute Gasteiger partial charge is 0.330 e. The van der Waals surface area contributed by atoms with Crippen LogP contribution in [0.2, 0.25) is 0 Å². The molecule has 7 heteroatoms. The highest BCUT2D eigenvalue weighted by atomic mass is 127. The predicted octanol–water partition coefficient (Wildman–Crippen LogP) is 0.583.